The van der Waals surface area contributed by atoms with Gasteiger partial charge < -0.3 is 11.1 Å². The standard InChI is InChI=1S/C13H20N2O/c1-4-11(10-8-6-5-7-9-10)15-12(16)13(2,3)14/h5-9,11H,4,14H2,1-3H3,(H,15,16). The summed E-state index contributed by atoms with van der Waals surface area (Å²) in [6.07, 6.45) is 0.853. The summed E-state index contributed by atoms with van der Waals surface area (Å²) in [6.45, 7) is 5.46. The monoisotopic (exact) mass is 220 g/mol. The van der Waals surface area contributed by atoms with Gasteiger partial charge in [-0.1, -0.05) is 37.3 Å². The molecule has 0 aromatic heterocycles. The van der Waals surface area contributed by atoms with Gasteiger partial charge in [0.2, 0.25) is 5.91 Å². The number of rotatable bonds is 4. The molecule has 0 aliphatic heterocycles. The number of nitrogens with two attached hydrogens (primary N) is 1. The predicted molar refractivity (Wildman–Crippen MR) is 65.9 cm³/mol. The maximum absolute atomic E-state index is 11.8. The van der Waals surface area contributed by atoms with E-state index >= 15 is 0 Å². The van der Waals surface area contributed by atoms with Crippen LogP contribution in [0, 0.1) is 0 Å². The Bertz CT molecular complexity index is 341. The maximum atomic E-state index is 11.8. The van der Waals surface area contributed by atoms with E-state index < -0.39 is 5.54 Å². The fourth-order valence-electron chi connectivity index (χ4n) is 1.45. The molecular weight excluding hydrogens is 200 g/mol. The maximum Gasteiger partial charge on any atom is 0.239 e. The Balaban J connectivity index is 2.75. The molecule has 3 nitrogen and oxygen atoms in total. The van der Waals surface area contributed by atoms with E-state index in [0.29, 0.717) is 0 Å². The molecule has 0 saturated carbocycles. The third-order valence-electron chi connectivity index (χ3n) is 2.50. The summed E-state index contributed by atoms with van der Waals surface area (Å²) in [5.74, 6) is -0.122. The highest BCUT2D eigenvalue weighted by atomic mass is 16.2. The van der Waals surface area contributed by atoms with Crippen molar-refractivity contribution in [2.24, 2.45) is 5.73 Å². The molecule has 16 heavy (non-hydrogen) atoms. The van der Waals surface area contributed by atoms with E-state index in [2.05, 4.69) is 5.32 Å². The number of benzene rings is 1. The van der Waals surface area contributed by atoms with Crippen LogP contribution in [0.1, 0.15) is 38.8 Å². The van der Waals surface area contributed by atoms with Crippen LogP contribution in [-0.2, 0) is 4.79 Å². The summed E-state index contributed by atoms with van der Waals surface area (Å²) in [5, 5.41) is 2.96. The molecule has 88 valence electrons. The van der Waals surface area contributed by atoms with Gasteiger partial charge in [0.1, 0.15) is 0 Å². The normalized spacial score (nSPS) is 13.2. The smallest absolute Gasteiger partial charge is 0.239 e. The van der Waals surface area contributed by atoms with Crippen molar-refractivity contribution in [3.63, 3.8) is 0 Å². The highest BCUT2D eigenvalue weighted by molar-refractivity contribution is 5.85. The molecule has 0 aliphatic rings. The third-order valence-corrected chi connectivity index (χ3v) is 2.50. The molecule has 0 heterocycles. The van der Waals surface area contributed by atoms with Crippen LogP contribution in [0.4, 0.5) is 0 Å². The molecule has 0 bridgehead atoms. The van der Waals surface area contributed by atoms with Crippen molar-refractivity contribution in [1.82, 2.24) is 5.32 Å². The van der Waals surface area contributed by atoms with Gasteiger partial charge in [-0.05, 0) is 25.8 Å². The molecule has 0 spiro atoms. The van der Waals surface area contributed by atoms with E-state index in [0.717, 1.165) is 12.0 Å². The molecule has 0 saturated heterocycles. The lowest BCUT2D eigenvalue weighted by molar-refractivity contribution is -0.126. The van der Waals surface area contributed by atoms with E-state index in [1.165, 1.54) is 0 Å². The first kappa shape index (κ1) is 12.7. The van der Waals surface area contributed by atoms with Crippen molar-refractivity contribution < 1.29 is 4.79 Å². The lowest BCUT2D eigenvalue weighted by atomic mass is 10.0. The van der Waals surface area contributed by atoms with E-state index in [1.807, 2.05) is 37.3 Å². The van der Waals surface area contributed by atoms with Crippen molar-refractivity contribution >= 4 is 5.91 Å². The largest absolute Gasteiger partial charge is 0.348 e. The van der Waals surface area contributed by atoms with Gasteiger partial charge in [0.25, 0.3) is 0 Å². The summed E-state index contributed by atoms with van der Waals surface area (Å²) in [7, 11) is 0. The summed E-state index contributed by atoms with van der Waals surface area (Å²) < 4.78 is 0. The van der Waals surface area contributed by atoms with Gasteiger partial charge in [0.05, 0.1) is 11.6 Å². The van der Waals surface area contributed by atoms with E-state index in [9.17, 15) is 4.79 Å². The number of hydrogen-bond donors (Lipinski definition) is 2. The van der Waals surface area contributed by atoms with Gasteiger partial charge in [-0.3, -0.25) is 4.79 Å². The van der Waals surface area contributed by atoms with Crippen LogP contribution >= 0.6 is 0 Å². The number of nitrogens with one attached hydrogen (secondary N) is 1. The molecule has 0 radical (unpaired) electrons. The Hall–Kier alpha value is -1.35. The van der Waals surface area contributed by atoms with Crippen molar-refractivity contribution in [1.29, 1.82) is 0 Å². The minimum absolute atomic E-state index is 0.0384. The first-order chi connectivity index (χ1) is 7.45. The molecule has 1 amide bonds. The van der Waals surface area contributed by atoms with Crippen LogP contribution in [0.25, 0.3) is 0 Å². The molecule has 3 heteroatoms. The van der Waals surface area contributed by atoms with Crippen LogP contribution in [0.5, 0.6) is 0 Å². The van der Waals surface area contributed by atoms with Gasteiger partial charge in [0, 0.05) is 0 Å². The fourth-order valence-corrected chi connectivity index (χ4v) is 1.45. The zero-order valence-corrected chi connectivity index (χ0v) is 10.2. The van der Waals surface area contributed by atoms with E-state index in [1.54, 1.807) is 13.8 Å². The van der Waals surface area contributed by atoms with Crippen LogP contribution < -0.4 is 11.1 Å². The Kier molecular flexibility index (Phi) is 4.07. The summed E-state index contributed by atoms with van der Waals surface area (Å²) >= 11 is 0. The van der Waals surface area contributed by atoms with Gasteiger partial charge in [-0.25, -0.2) is 0 Å². The van der Waals surface area contributed by atoms with E-state index in [-0.39, 0.29) is 11.9 Å². The van der Waals surface area contributed by atoms with Crippen molar-refractivity contribution in [3.8, 4) is 0 Å². The lowest BCUT2D eigenvalue weighted by Crippen LogP contribution is -2.49. The van der Waals surface area contributed by atoms with Crippen LogP contribution in [0.2, 0.25) is 0 Å². The van der Waals surface area contributed by atoms with Crippen molar-refractivity contribution in [2.45, 2.75) is 38.8 Å². The molecule has 1 aromatic carbocycles. The predicted octanol–water partition coefficient (Wildman–Crippen LogP) is 1.99. The minimum Gasteiger partial charge on any atom is -0.348 e. The van der Waals surface area contributed by atoms with Crippen LogP contribution in [0.15, 0.2) is 30.3 Å². The van der Waals surface area contributed by atoms with Crippen LogP contribution in [-0.4, -0.2) is 11.4 Å². The zero-order valence-electron chi connectivity index (χ0n) is 10.2. The number of hydrogen-bond acceptors (Lipinski definition) is 2. The molecule has 3 N–H and O–H groups in total. The molecule has 1 rings (SSSR count). The number of carbonyl (C=O) groups is 1. The summed E-state index contributed by atoms with van der Waals surface area (Å²) in [6, 6.07) is 9.97. The lowest BCUT2D eigenvalue weighted by Gasteiger charge is -2.23. The minimum atomic E-state index is -0.831. The highest BCUT2D eigenvalue weighted by Crippen LogP contribution is 2.16. The molecule has 1 atom stereocenters. The molecule has 0 aliphatic carbocycles. The highest BCUT2D eigenvalue weighted by Gasteiger charge is 2.24. The Morgan fingerprint density at radius 3 is 2.38 bits per heavy atom. The van der Waals surface area contributed by atoms with Crippen molar-refractivity contribution in [2.75, 3.05) is 0 Å². The molecular formula is C13H20N2O. The van der Waals surface area contributed by atoms with Gasteiger partial charge in [-0.2, -0.15) is 0 Å². The second kappa shape index (κ2) is 5.12. The van der Waals surface area contributed by atoms with Crippen LogP contribution in [0.3, 0.4) is 0 Å². The number of carbonyl (C=O) groups excluding carboxylic acids is 1. The second-order valence-electron chi connectivity index (χ2n) is 4.57. The average molecular weight is 220 g/mol. The average Bonchev–Trinajstić information content (AvgIpc) is 2.25. The summed E-state index contributed by atoms with van der Waals surface area (Å²) in [4.78, 5) is 11.8. The quantitative estimate of drug-likeness (QED) is 0.815. The fraction of sp³-hybridized carbons (Fsp3) is 0.462. The topological polar surface area (TPSA) is 55.1 Å². The van der Waals surface area contributed by atoms with Gasteiger partial charge in [0.15, 0.2) is 0 Å². The van der Waals surface area contributed by atoms with Crippen molar-refractivity contribution in [3.05, 3.63) is 35.9 Å². The Morgan fingerprint density at radius 1 is 1.38 bits per heavy atom. The molecule has 0 fully saturated rings. The SMILES string of the molecule is CCC(NC(=O)C(C)(C)N)c1ccccc1. The zero-order chi connectivity index (χ0) is 12.2. The van der Waals surface area contributed by atoms with Gasteiger partial charge in [-0.15, -0.1) is 0 Å². The summed E-state index contributed by atoms with van der Waals surface area (Å²) in [5.41, 5.74) is 6.03. The number of amides is 1. The first-order valence-electron chi connectivity index (χ1n) is 5.60. The third kappa shape index (κ3) is 3.35. The first-order valence-corrected chi connectivity index (χ1v) is 5.60. The Morgan fingerprint density at radius 2 is 1.94 bits per heavy atom. The van der Waals surface area contributed by atoms with E-state index in [4.69, 9.17) is 5.73 Å². The second-order valence-corrected chi connectivity index (χ2v) is 4.57. The molecule has 1 unspecified atom stereocenters. The molecule has 1 aromatic rings. The Labute approximate surface area is 97.0 Å². The van der Waals surface area contributed by atoms with Gasteiger partial charge >= 0.3 is 0 Å².